The predicted octanol–water partition coefficient (Wildman–Crippen LogP) is 10.8. The molecule has 0 aliphatic heterocycles. The number of phenols is 3. The van der Waals surface area contributed by atoms with E-state index in [0.717, 1.165) is 22.3 Å². The standard InChI is InChI=1S/C26H18O4.C14H8F2.C6H6O/c27-21-8-12-23(13-9-21)29-25-16-20(7-6-19-4-2-1-3-5-19)17-26(18-25)30-24-14-10-22(28)11-15-24;15-13-7-3-11(4-8-13)1-2-12-5-9-14(16)10-6-12;7-6-4-2-1-3-5-6/h1-5,8-18,27-28H;3-10H;1-5,7H. The highest BCUT2D eigenvalue weighted by Crippen LogP contribution is 2.31. The molecule has 3 N–H and O–H groups in total. The third-order valence-electron chi connectivity index (χ3n) is 6.95. The van der Waals surface area contributed by atoms with Crippen molar-refractivity contribution in [2.24, 2.45) is 0 Å². The number of hydrogen-bond donors (Lipinski definition) is 3. The first-order chi connectivity index (χ1) is 25.8. The summed E-state index contributed by atoms with van der Waals surface area (Å²) in [6, 6.07) is 48.6. The molecule has 0 bridgehead atoms. The van der Waals surface area contributed by atoms with E-state index >= 15 is 0 Å². The van der Waals surface area contributed by atoms with Crippen LogP contribution < -0.4 is 9.47 Å². The Morgan fingerprint density at radius 2 is 0.660 bits per heavy atom. The van der Waals surface area contributed by atoms with Gasteiger partial charge in [0.1, 0.15) is 51.9 Å². The van der Waals surface area contributed by atoms with Crippen LogP contribution in [0.4, 0.5) is 8.78 Å². The summed E-state index contributed by atoms with van der Waals surface area (Å²) in [5.74, 6) is 14.4. The van der Waals surface area contributed by atoms with Crippen molar-refractivity contribution < 1.29 is 33.6 Å². The largest absolute Gasteiger partial charge is 0.508 e. The lowest BCUT2D eigenvalue weighted by Crippen LogP contribution is -1.89. The maximum absolute atomic E-state index is 12.6. The van der Waals surface area contributed by atoms with Crippen LogP contribution in [0.2, 0.25) is 0 Å². The van der Waals surface area contributed by atoms with Crippen LogP contribution in [0.15, 0.2) is 176 Å². The summed E-state index contributed by atoms with van der Waals surface area (Å²) in [5.41, 5.74) is 3.09. The lowest BCUT2D eigenvalue weighted by molar-refractivity contribution is 0.452. The van der Waals surface area contributed by atoms with E-state index in [4.69, 9.17) is 14.6 Å². The van der Waals surface area contributed by atoms with Crippen LogP contribution in [0.5, 0.6) is 40.2 Å². The van der Waals surface area contributed by atoms with E-state index in [0.29, 0.717) is 28.7 Å². The van der Waals surface area contributed by atoms with Crippen LogP contribution in [0.25, 0.3) is 0 Å². The molecule has 0 spiro atoms. The van der Waals surface area contributed by atoms with E-state index in [1.807, 2.05) is 48.5 Å². The second-order valence-corrected chi connectivity index (χ2v) is 11.1. The van der Waals surface area contributed by atoms with Gasteiger partial charge >= 0.3 is 0 Å². The highest BCUT2D eigenvalue weighted by atomic mass is 19.1. The van der Waals surface area contributed by atoms with Crippen molar-refractivity contribution in [2.45, 2.75) is 0 Å². The minimum atomic E-state index is -0.285. The molecule has 0 fully saturated rings. The highest BCUT2D eigenvalue weighted by Gasteiger charge is 2.06. The van der Waals surface area contributed by atoms with Gasteiger partial charge < -0.3 is 24.8 Å². The van der Waals surface area contributed by atoms with Crippen LogP contribution >= 0.6 is 0 Å². The predicted molar refractivity (Wildman–Crippen MR) is 202 cm³/mol. The van der Waals surface area contributed by atoms with Crippen LogP contribution in [0.1, 0.15) is 22.3 Å². The quantitative estimate of drug-likeness (QED) is 0.159. The number of rotatable bonds is 4. The third kappa shape index (κ3) is 13.1. The van der Waals surface area contributed by atoms with E-state index in [2.05, 4.69) is 23.7 Å². The topological polar surface area (TPSA) is 79.2 Å². The molecule has 0 aromatic heterocycles. The fourth-order valence-corrected chi connectivity index (χ4v) is 4.37. The lowest BCUT2D eigenvalue weighted by atomic mass is 10.1. The Labute approximate surface area is 306 Å². The summed E-state index contributed by atoms with van der Waals surface area (Å²) in [6.07, 6.45) is 0. The fourth-order valence-electron chi connectivity index (χ4n) is 4.37. The smallest absolute Gasteiger partial charge is 0.132 e. The molecule has 7 heteroatoms. The Hall–Kier alpha value is -7.48. The Balaban J connectivity index is 0.000000194. The lowest BCUT2D eigenvalue weighted by Gasteiger charge is -2.11. The molecule has 7 aromatic rings. The zero-order valence-electron chi connectivity index (χ0n) is 28.2. The van der Waals surface area contributed by atoms with Crippen LogP contribution in [0.3, 0.4) is 0 Å². The van der Waals surface area contributed by atoms with Crippen molar-refractivity contribution >= 4 is 0 Å². The Morgan fingerprint density at radius 3 is 1.04 bits per heavy atom. The minimum Gasteiger partial charge on any atom is -0.508 e. The van der Waals surface area contributed by atoms with Crippen molar-refractivity contribution in [2.75, 3.05) is 0 Å². The van der Waals surface area contributed by atoms with Gasteiger partial charge in [0.05, 0.1) is 0 Å². The van der Waals surface area contributed by atoms with E-state index in [9.17, 15) is 19.0 Å². The first kappa shape index (κ1) is 36.8. The van der Waals surface area contributed by atoms with Gasteiger partial charge in [-0.15, -0.1) is 0 Å². The summed E-state index contributed by atoms with van der Waals surface area (Å²) in [6.45, 7) is 0. The zero-order valence-corrected chi connectivity index (χ0v) is 28.2. The summed E-state index contributed by atoms with van der Waals surface area (Å²) >= 11 is 0. The van der Waals surface area contributed by atoms with Gasteiger partial charge in [-0.05, 0) is 133 Å². The zero-order chi connectivity index (χ0) is 37.3. The summed E-state index contributed by atoms with van der Waals surface area (Å²) in [7, 11) is 0. The van der Waals surface area contributed by atoms with Gasteiger partial charge in [-0.25, -0.2) is 8.78 Å². The van der Waals surface area contributed by atoms with Gasteiger partial charge in [-0.3, -0.25) is 0 Å². The first-order valence-electron chi connectivity index (χ1n) is 16.2. The van der Waals surface area contributed by atoms with Crippen molar-refractivity contribution in [3.05, 3.63) is 210 Å². The molecule has 5 nitrogen and oxygen atoms in total. The van der Waals surface area contributed by atoms with E-state index in [1.54, 1.807) is 103 Å². The van der Waals surface area contributed by atoms with Crippen molar-refractivity contribution in [1.29, 1.82) is 0 Å². The van der Waals surface area contributed by atoms with E-state index in [-0.39, 0.29) is 23.1 Å². The molecule has 0 saturated carbocycles. The highest BCUT2D eigenvalue weighted by molar-refractivity contribution is 5.51. The van der Waals surface area contributed by atoms with Gasteiger partial charge in [0.15, 0.2) is 0 Å². The number of para-hydroxylation sites is 1. The Morgan fingerprint density at radius 1 is 0.321 bits per heavy atom. The normalized spacial score (nSPS) is 9.62. The molecule has 7 aromatic carbocycles. The molecule has 53 heavy (non-hydrogen) atoms. The monoisotopic (exact) mass is 702 g/mol. The Kier molecular flexibility index (Phi) is 13.2. The van der Waals surface area contributed by atoms with E-state index in [1.165, 1.54) is 24.3 Å². The van der Waals surface area contributed by atoms with Crippen LogP contribution in [-0.4, -0.2) is 15.3 Å². The molecule has 0 heterocycles. The summed E-state index contributed by atoms with van der Waals surface area (Å²) in [5, 5.41) is 27.6. The molecule has 0 unspecified atom stereocenters. The molecule has 7 rings (SSSR count). The minimum absolute atomic E-state index is 0.168. The van der Waals surface area contributed by atoms with Gasteiger partial charge in [0.25, 0.3) is 0 Å². The maximum Gasteiger partial charge on any atom is 0.132 e. The molecule has 0 amide bonds. The Bertz CT molecular complexity index is 2190. The first-order valence-corrected chi connectivity index (χ1v) is 16.2. The number of benzene rings is 7. The second-order valence-electron chi connectivity index (χ2n) is 11.1. The van der Waals surface area contributed by atoms with Gasteiger partial charge in [0, 0.05) is 28.3 Å². The average Bonchev–Trinajstić information content (AvgIpc) is 3.17. The third-order valence-corrected chi connectivity index (χ3v) is 6.95. The van der Waals surface area contributed by atoms with Crippen molar-refractivity contribution in [3.8, 4) is 63.9 Å². The maximum atomic E-state index is 12.6. The number of hydrogen-bond acceptors (Lipinski definition) is 5. The molecule has 0 radical (unpaired) electrons. The van der Waals surface area contributed by atoms with Crippen molar-refractivity contribution in [1.82, 2.24) is 0 Å². The van der Waals surface area contributed by atoms with Gasteiger partial charge in [-0.1, -0.05) is 60.1 Å². The van der Waals surface area contributed by atoms with E-state index < -0.39 is 0 Å². The number of halogens is 2. The molecule has 0 atom stereocenters. The molecular formula is C46H32F2O5. The SMILES string of the molecule is Fc1ccc(C#Cc2ccc(F)cc2)cc1.Oc1ccc(Oc2cc(C#Cc3ccccc3)cc(Oc3ccc(O)cc3)c2)cc1.Oc1ccccc1. The number of ether oxygens (including phenoxy) is 2. The molecule has 0 aliphatic rings. The fraction of sp³-hybridized carbons (Fsp3) is 0. The summed E-state index contributed by atoms with van der Waals surface area (Å²) < 4.78 is 37.1. The summed E-state index contributed by atoms with van der Waals surface area (Å²) in [4.78, 5) is 0. The molecule has 0 aliphatic carbocycles. The second kappa shape index (κ2) is 19.1. The number of phenolic OH excluding ortho intramolecular Hbond substituents is 3. The molecular weight excluding hydrogens is 670 g/mol. The van der Waals surface area contributed by atoms with Crippen molar-refractivity contribution in [3.63, 3.8) is 0 Å². The van der Waals surface area contributed by atoms with Crippen LogP contribution in [-0.2, 0) is 0 Å². The van der Waals surface area contributed by atoms with Crippen LogP contribution in [0, 0.1) is 35.3 Å². The molecule has 260 valence electrons. The average molecular weight is 703 g/mol. The van der Waals surface area contributed by atoms with Gasteiger partial charge in [-0.2, -0.15) is 0 Å². The van der Waals surface area contributed by atoms with Gasteiger partial charge in [0.2, 0.25) is 0 Å². The molecule has 0 saturated heterocycles. The number of aromatic hydroxyl groups is 3.